The second-order valence-corrected chi connectivity index (χ2v) is 6.74. The molecule has 1 aromatic heterocycles. The van der Waals surface area contributed by atoms with Crippen LogP contribution in [0.2, 0.25) is 0 Å². The highest BCUT2D eigenvalue weighted by Crippen LogP contribution is 2.31. The zero-order chi connectivity index (χ0) is 14.8. The molecular weight excluding hydrogens is 248 g/mol. The van der Waals surface area contributed by atoms with Crippen LogP contribution in [0.25, 0.3) is 0 Å². The van der Waals surface area contributed by atoms with E-state index in [1.165, 1.54) is 5.69 Å². The van der Waals surface area contributed by atoms with Crippen LogP contribution >= 0.6 is 0 Å². The van der Waals surface area contributed by atoms with Crippen molar-refractivity contribution >= 4 is 5.69 Å². The Morgan fingerprint density at radius 1 is 1.40 bits per heavy atom. The van der Waals surface area contributed by atoms with Crippen molar-refractivity contribution in [3.8, 4) is 0 Å². The van der Waals surface area contributed by atoms with Gasteiger partial charge in [-0.3, -0.25) is 4.98 Å². The summed E-state index contributed by atoms with van der Waals surface area (Å²) in [5.41, 5.74) is 2.60. The van der Waals surface area contributed by atoms with Crippen molar-refractivity contribution in [2.45, 2.75) is 53.1 Å². The third-order valence-corrected chi connectivity index (χ3v) is 4.58. The van der Waals surface area contributed by atoms with Gasteiger partial charge >= 0.3 is 0 Å². The van der Waals surface area contributed by atoms with Crippen molar-refractivity contribution < 1.29 is 4.74 Å². The van der Waals surface area contributed by atoms with E-state index >= 15 is 0 Å². The summed E-state index contributed by atoms with van der Waals surface area (Å²) < 4.78 is 5.99. The van der Waals surface area contributed by atoms with Crippen molar-refractivity contribution in [2.75, 3.05) is 24.6 Å². The van der Waals surface area contributed by atoms with Gasteiger partial charge in [0, 0.05) is 18.8 Å². The van der Waals surface area contributed by atoms with Crippen LogP contribution < -0.4 is 4.90 Å². The lowest BCUT2D eigenvalue weighted by molar-refractivity contribution is -0.0357. The molecule has 1 aliphatic rings. The number of pyridine rings is 1. The number of morpholine rings is 1. The molecule has 0 bridgehead atoms. The van der Waals surface area contributed by atoms with E-state index in [2.05, 4.69) is 56.6 Å². The summed E-state index contributed by atoms with van der Waals surface area (Å²) in [7, 11) is 0. The first-order chi connectivity index (χ1) is 9.44. The molecule has 3 heteroatoms. The van der Waals surface area contributed by atoms with E-state index in [0.29, 0.717) is 12.0 Å². The van der Waals surface area contributed by atoms with Crippen LogP contribution in [0, 0.1) is 5.41 Å². The van der Waals surface area contributed by atoms with Crippen molar-refractivity contribution in [1.82, 2.24) is 4.98 Å². The normalized spacial score (nSPS) is 20.5. The van der Waals surface area contributed by atoms with Gasteiger partial charge < -0.3 is 9.64 Å². The Bertz CT molecular complexity index is 425. The molecule has 2 rings (SSSR count). The fourth-order valence-electron chi connectivity index (χ4n) is 2.51. The number of hydrogen-bond acceptors (Lipinski definition) is 3. The van der Waals surface area contributed by atoms with E-state index in [4.69, 9.17) is 4.74 Å². The molecule has 0 aliphatic carbocycles. The Balaban J connectivity index is 2.09. The molecule has 1 unspecified atom stereocenters. The maximum absolute atomic E-state index is 5.99. The third kappa shape index (κ3) is 3.32. The summed E-state index contributed by atoms with van der Waals surface area (Å²) >= 11 is 0. The molecule has 1 aromatic rings. The Kier molecular flexibility index (Phi) is 4.69. The van der Waals surface area contributed by atoms with E-state index in [1.54, 1.807) is 0 Å². The molecule has 0 saturated carbocycles. The number of nitrogens with zero attached hydrogens (tertiary/aromatic N) is 2. The molecular formula is C17H28N2O. The largest absolute Gasteiger partial charge is 0.374 e. The fraction of sp³-hybridized carbons (Fsp3) is 0.706. The van der Waals surface area contributed by atoms with E-state index in [-0.39, 0.29) is 5.41 Å². The van der Waals surface area contributed by atoms with E-state index in [1.807, 2.05) is 6.20 Å². The average molecular weight is 276 g/mol. The van der Waals surface area contributed by atoms with Crippen molar-refractivity contribution in [2.24, 2.45) is 5.41 Å². The van der Waals surface area contributed by atoms with Crippen LogP contribution in [0.4, 0.5) is 5.69 Å². The van der Waals surface area contributed by atoms with Gasteiger partial charge in [0.25, 0.3) is 0 Å². The third-order valence-electron chi connectivity index (χ3n) is 4.58. The Labute approximate surface area is 123 Å². The van der Waals surface area contributed by atoms with Gasteiger partial charge in [-0.05, 0) is 29.9 Å². The smallest absolute Gasteiger partial charge is 0.0801 e. The van der Waals surface area contributed by atoms with Crippen LogP contribution in [0.15, 0.2) is 18.3 Å². The number of ether oxygens (including phenoxy) is 1. The number of anilines is 1. The highest BCUT2D eigenvalue weighted by molar-refractivity contribution is 5.45. The molecule has 0 radical (unpaired) electrons. The predicted molar refractivity (Wildman–Crippen MR) is 84.4 cm³/mol. The molecule has 2 heterocycles. The molecule has 0 aromatic carbocycles. The second-order valence-electron chi connectivity index (χ2n) is 6.74. The lowest BCUT2D eigenvalue weighted by Crippen LogP contribution is -2.48. The van der Waals surface area contributed by atoms with Crippen LogP contribution in [-0.2, 0) is 4.74 Å². The Hall–Kier alpha value is -1.09. The molecule has 1 saturated heterocycles. The molecule has 3 nitrogen and oxygen atoms in total. The average Bonchev–Trinajstić information content (AvgIpc) is 2.47. The maximum Gasteiger partial charge on any atom is 0.0801 e. The quantitative estimate of drug-likeness (QED) is 0.835. The summed E-state index contributed by atoms with van der Waals surface area (Å²) in [6, 6.07) is 4.35. The van der Waals surface area contributed by atoms with Crippen LogP contribution in [0.3, 0.4) is 0 Å². The standard InChI is InChI=1S/C17H28N2O/c1-6-17(4,5)16-12-19(9-10-20-16)14-7-8-15(13(2)3)18-11-14/h7-8,11,13,16H,6,9-10,12H2,1-5H3. The molecule has 112 valence electrons. The monoisotopic (exact) mass is 276 g/mol. The minimum absolute atomic E-state index is 0.226. The summed E-state index contributed by atoms with van der Waals surface area (Å²) in [6.45, 7) is 13.9. The highest BCUT2D eigenvalue weighted by Gasteiger charge is 2.33. The van der Waals surface area contributed by atoms with Gasteiger partial charge in [-0.1, -0.05) is 34.6 Å². The minimum Gasteiger partial charge on any atom is -0.374 e. The van der Waals surface area contributed by atoms with Crippen molar-refractivity contribution in [1.29, 1.82) is 0 Å². The van der Waals surface area contributed by atoms with E-state index in [0.717, 1.165) is 31.8 Å². The summed E-state index contributed by atoms with van der Waals surface area (Å²) in [6.07, 6.45) is 3.44. The lowest BCUT2D eigenvalue weighted by atomic mass is 9.83. The second kappa shape index (κ2) is 6.13. The van der Waals surface area contributed by atoms with Gasteiger partial charge in [0.2, 0.25) is 0 Å². The first-order valence-electron chi connectivity index (χ1n) is 7.76. The Morgan fingerprint density at radius 2 is 2.15 bits per heavy atom. The highest BCUT2D eigenvalue weighted by atomic mass is 16.5. The molecule has 1 atom stereocenters. The lowest BCUT2D eigenvalue weighted by Gasteiger charge is -2.41. The van der Waals surface area contributed by atoms with Crippen LogP contribution in [0.1, 0.15) is 52.7 Å². The van der Waals surface area contributed by atoms with Gasteiger partial charge in [0.15, 0.2) is 0 Å². The summed E-state index contributed by atoms with van der Waals surface area (Å²) in [5, 5.41) is 0. The van der Waals surface area contributed by atoms with E-state index in [9.17, 15) is 0 Å². The van der Waals surface area contributed by atoms with Crippen LogP contribution in [-0.4, -0.2) is 30.8 Å². The fourth-order valence-corrected chi connectivity index (χ4v) is 2.51. The number of aromatic nitrogens is 1. The molecule has 1 aliphatic heterocycles. The molecule has 0 spiro atoms. The molecule has 0 N–H and O–H groups in total. The Morgan fingerprint density at radius 3 is 2.70 bits per heavy atom. The minimum atomic E-state index is 0.226. The molecule has 1 fully saturated rings. The topological polar surface area (TPSA) is 25.4 Å². The predicted octanol–water partition coefficient (Wildman–Crippen LogP) is 3.85. The van der Waals surface area contributed by atoms with E-state index < -0.39 is 0 Å². The molecule has 20 heavy (non-hydrogen) atoms. The zero-order valence-corrected chi connectivity index (χ0v) is 13.5. The van der Waals surface area contributed by atoms with Crippen LogP contribution in [0.5, 0.6) is 0 Å². The first-order valence-corrected chi connectivity index (χ1v) is 7.76. The number of hydrogen-bond donors (Lipinski definition) is 0. The van der Waals surface area contributed by atoms with Crippen molar-refractivity contribution in [3.05, 3.63) is 24.0 Å². The number of rotatable bonds is 4. The van der Waals surface area contributed by atoms with Gasteiger partial charge in [-0.15, -0.1) is 0 Å². The van der Waals surface area contributed by atoms with Gasteiger partial charge in [-0.2, -0.15) is 0 Å². The van der Waals surface area contributed by atoms with Gasteiger partial charge in [-0.25, -0.2) is 0 Å². The molecule has 0 amide bonds. The van der Waals surface area contributed by atoms with Gasteiger partial charge in [0.1, 0.15) is 0 Å². The SMILES string of the molecule is CCC(C)(C)C1CN(c2ccc(C(C)C)nc2)CCO1. The maximum atomic E-state index is 5.99. The first kappa shape index (κ1) is 15.3. The van der Waals surface area contributed by atoms with Crippen molar-refractivity contribution in [3.63, 3.8) is 0 Å². The summed E-state index contributed by atoms with van der Waals surface area (Å²) in [5.74, 6) is 0.487. The zero-order valence-electron chi connectivity index (χ0n) is 13.5. The summed E-state index contributed by atoms with van der Waals surface area (Å²) in [4.78, 5) is 6.98. The van der Waals surface area contributed by atoms with Gasteiger partial charge in [0.05, 0.1) is 24.6 Å².